The first-order valence-corrected chi connectivity index (χ1v) is 5.91. The average Bonchev–Trinajstić information content (AvgIpc) is 2.12. The third-order valence-corrected chi connectivity index (χ3v) is 3.52. The van der Waals surface area contributed by atoms with Crippen molar-refractivity contribution in [1.82, 2.24) is 4.90 Å². The van der Waals surface area contributed by atoms with E-state index in [9.17, 15) is 9.59 Å². The quantitative estimate of drug-likeness (QED) is 0.756. The summed E-state index contributed by atoms with van der Waals surface area (Å²) in [4.78, 5) is 24.4. The molecule has 5 nitrogen and oxygen atoms in total. The monoisotopic (exact) mass is 242 g/mol. The fourth-order valence-corrected chi connectivity index (χ4v) is 1.78. The highest BCUT2D eigenvalue weighted by atomic mass is 16.4. The number of hydrogen-bond donors (Lipinski definition) is 2. The SMILES string of the molecule is CC(C(=O)O)C1CN(C(=O)[C@H](N)C(C)(C)C)C1. The Morgan fingerprint density at radius 2 is 1.82 bits per heavy atom. The minimum absolute atomic E-state index is 0.0589. The van der Waals surface area contributed by atoms with E-state index >= 15 is 0 Å². The Morgan fingerprint density at radius 1 is 1.35 bits per heavy atom. The Morgan fingerprint density at radius 3 is 2.18 bits per heavy atom. The van der Waals surface area contributed by atoms with E-state index in [0.29, 0.717) is 13.1 Å². The van der Waals surface area contributed by atoms with Crippen molar-refractivity contribution in [2.24, 2.45) is 23.0 Å². The van der Waals surface area contributed by atoms with E-state index < -0.39 is 17.9 Å². The molecule has 0 aromatic heterocycles. The lowest BCUT2D eigenvalue weighted by Gasteiger charge is -2.44. The third-order valence-electron chi connectivity index (χ3n) is 3.52. The molecule has 1 amide bonds. The predicted octanol–water partition coefficient (Wildman–Crippen LogP) is 0.539. The number of nitrogens with two attached hydrogens (primary N) is 1. The Balaban J connectivity index is 2.48. The summed E-state index contributed by atoms with van der Waals surface area (Å²) in [5.41, 5.74) is 5.62. The highest BCUT2D eigenvalue weighted by Gasteiger charge is 2.40. The van der Waals surface area contributed by atoms with Crippen LogP contribution in [0.25, 0.3) is 0 Å². The topological polar surface area (TPSA) is 83.6 Å². The zero-order chi connectivity index (χ0) is 13.4. The summed E-state index contributed by atoms with van der Waals surface area (Å²) in [6, 6.07) is -0.524. The van der Waals surface area contributed by atoms with Gasteiger partial charge in [0.05, 0.1) is 12.0 Å². The molecule has 0 bridgehead atoms. The second-order valence-electron chi connectivity index (χ2n) is 5.97. The molecule has 0 aromatic rings. The minimum Gasteiger partial charge on any atom is -0.481 e. The van der Waals surface area contributed by atoms with Gasteiger partial charge in [-0.25, -0.2) is 0 Å². The van der Waals surface area contributed by atoms with Gasteiger partial charge in [0.2, 0.25) is 5.91 Å². The zero-order valence-corrected chi connectivity index (χ0v) is 10.9. The van der Waals surface area contributed by atoms with E-state index in [2.05, 4.69) is 0 Å². The van der Waals surface area contributed by atoms with Crippen molar-refractivity contribution < 1.29 is 14.7 Å². The van der Waals surface area contributed by atoms with Gasteiger partial charge in [0.15, 0.2) is 0 Å². The molecule has 5 heteroatoms. The van der Waals surface area contributed by atoms with Gasteiger partial charge >= 0.3 is 5.97 Å². The maximum absolute atomic E-state index is 12.0. The van der Waals surface area contributed by atoms with E-state index in [-0.39, 0.29) is 17.2 Å². The number of rotatable bonds is 3. The number of amides is 1. The normalized spacial score (nSPS) is 20.6. The van der Waals surface area contributed by atoms with Crippen LogP contribution in [-0.4, -0.2) is 41.0 Å². The highest BCUT2D eigenvalue weighted by molar-refractivity contribution is 5.83. The van der Waals surface area contributed by atoms with Gasteiger partial charge < -0.3 is 15.7 Å². The van der Waals surface area contributed by atoms with Crippen LogP contribution in [0.15, 0.2) is 0 Å². The van der Waals surface area contributed by atoms with Gasteiger partial charge in [0.1, 0.15) is 0 Å². The predicted molar refractivity (Wildman–Crippen MR) is 64.3 cm³/mol. The van der Waals surface area contributed by atoms with Gasteiger partial charge in [-0.15, -0.1) is 0 Å². The molecule has 3 N–H and O–H groups in total. The molecule has 1 aliphatic heterocycles. The summed E-state index contributed by atoms with van der Waals surface area (Å²) in [6.07, 6.45) is 0. The minimum atomic E-state index is -0.804. The molecule has 1 saturated heterocycles. The standard InChI is InChI=1S/C12H22N2O3/c1-7(11(16)17)8-5-14(6-8)10(15)9(13)12(2,3)4/h7-9H,5-6,13H2,1-4H3,(H,16,17)/t7?,9-/m0/s1. The van der Waals surface area contributed by atoms with Gasteiger partial charge in [-0.3, -0.25) is 9.59 Å². The number of carbonyl (C=O) groups excluding carboxylic acids is 1. The molecule has 0 aromatic carbocycles. The first kappa shape index (κ1) is 14.0. The summed E-state index contributed by atoms with van der Waals surface area (Å²) in [5.74, 6) is -1.22. The van der Waals surface area contributed by atoms with Crippen LogP contribution >= 0.6 is 0 Å². The largest absolute Gasteiger partial charge is 0.481 e. The van der Waals surface area contributed by atoms with Gasteiger partial charge in [0, 0.05) is 19.0 Å². The second-order valence-corrected chi connectivity index (χ2v) is 5.97. The summed E-state index contributed by atoms with van der Waals surface area (Å²) >= 11 is 0. The lowest BCUT2D eigenvalue weighted by atomic mass is 9.83. The van der Waals surface area contributed by atoms with Crippen molar-refractivity contribution in [2.45, 2.75) is 33.7 Å². The van der Waals surface area contributed by atoms with Crippen LogP contribution in [0.1, 0.15) is 27.7 Å². The van der Waals surface area contributed by atoms with Crippen LogP contribution in [0.2, 0.25) is 0 Å². The van der Waals surface area contributed by atoms with E-state index in [1.54, 1.807) is 11.8 Å². The molecule has 2 atom stereocenters. The molecule has 0 aliphatic carbocycles. The molecule has 0 saturated carbocycles. The first-order chi connectivity index (χ1) is 7.64. The Hall–Kier alpha value is -1.10. The number of aliphatic carboxylic acids is 1. The zero-order valence-electron chi connectivity index (χ0n) is 10.9. The summed E-state index contributed by atoms with van der Waals surface area (Å²) in [5, 5.41) is 8.85. The van der Waals surface area contributed by atoms with Crippen molar-refractivity contribution in [1.29, 1.82) is 0 Å². The number of likely N-dealkylation sites (tertiary alicyclic amines) is 1. The van der Waals surface area contributed by atoms with E-state index in [0.717, 1.165) is 0 Å². The molecular formula is C12H22N2O3. The van der Waals surface area contributed by atoms with E-state index in [1.165, 1.54) is 0 Å². The summed E-state index contributed by atoms with van der Waals surface area (Å²) in [6.45, 7) is 8.47. The number of hydrogen-bond acceptors (Lipinski definition) is 3. The fraction of sp³-hybridized carbons (Fsp3) is 0.833. The maximum Gasteiger partial charge on any atom is 0.306 e. The Kier molecular flexibility index (Phi) is 3.81. The van der Waals surface area contributed by atoms with Gasteiger partial charge in [0.25, 0.3) is 0 Å². The number of nitrogens with zero attached hydrogens (tertiary/aromatic N) is 1. The molecule has 1 rings (SSSR count). The third kappa shape index (κ3) is 2.97. The van der Waals surface area contributed by atoms with Gasteiger partial charge in [-0.1, -0.05) is 27.7 Å². The van der Waals surface area contributed by atoms with Crippen molar-refractivity contribution in [2.75, 3.05) is 13.1 Å². The van der Waals surface area contributed by atoms with Crippen LogP contribution in [0, 0.1) is 17.3 Å². The molecular weight excluding hydrogens is 220 g/mol. The molecule has 0 radical (unpaired) electrons. The van der Waals surface area contributed by atoms with Crippen LogP contribution in [0.5, 0.6) is 0 Å². The fourth-order valence-electron chi connectivity index (χ4n) is 1.78. The van der Waals surface area contributed by atoms with Crippen molar-refractivity contribution in [3.63, 3.8) is 0 Å². The molecule has 98 valence electrons. The van der Waals surface area contributed by atoms with Crippen LogP contribution in [0.4, 0.5) is 0 Å². The maximum atomic E-state index is 12.0. The molecule has 17 heavy (non-hydrogen) atoms. The number of carbonyl (C=O) groups is 2. The van der Waals surface area contributed by atoms with Crippen molar-refractivity contribution >= 4 is 11.9 Å². The second kappa shape index (κ2) is 4.64. The Labute approximate surface area is 102 Å². The van der Waals surface area contributed by atoms with Crippen LogP contribution in [0.3, 0.4) is 0 Å². The lowest BCUT2D eigenvalue weighted by molar-refractivity contribution is -0.152. The summed E-state index contributed by atoms with van der Waals surface area (Å²) in [7, 11) is 0. The van der Waals surface area contributed by atoms with Crippen LogP contribution in [-0.2, 0) is 9.59 Å². The molecule has 0 spiro atoms. The number of carboxylic acid groups (broad SMARTS) is 1. The first-order valence-electron chi connectivity index (χ1n) is 5.91. The average molecular weight is 242 g/mol. The van der Waals surface area contributed by atoms with Crippen LogP contribution < -0.4 is 5.73 Å². The van der Waals surface area contributed by atoms with Gasteiger partial charge in [-0.05, 0) is 5.41 Å². The molecule has 1 aliphatic rings. The van der Waals surface area contributed by atoms with Gasteiger partial charge in [-0.2, -0.15) is 0 Å². The summed E-state index contributed by atoms with van der Waals surface area (Å²) < 4.78 is 0. The molecule has 1 unspecified atom stereocenters. The smallest absolute Gasteiger partial charge is 0.306 e. The Bertz CT molecular complexity index is 316. The lowest BCUT2D eigenvalue weighted by Crippen LogP contribution is -2.60. The molecule has 1 heterocycles. The molecule has 1 fully saturated rings. The number of carboxylic acids is 1. The van der Waals surface area contributed by atoms with E-state index in [1.807, 2.05) is 20.8 Å². The van der Waals surface area contributed by atoms with E-state index in [4.69, 9.17) is 10.8 Å². The van der Waals surface area contributed by atoms with Crippen molar-refractivity contribution in [3.05, 3.63) is 0 Å². The highest BCUT2D eigenvalue weighted by Crippen LogP contribution is 2.27. The van der Waals surface area contributed by atoms with Crippen molar-refractivity contribution in [3.8, 4) is 0 Å².